The first-order valence-corrected chi connectivity index (χ1v) is 9.66. The Bertz CT molecular complexity index is 866. The van der Waals surface area contributed by atoms with Crippen LogP contribution in [0.1, 0.15) is 23.2 Å². The van der Waals surface area contributed by atoms with Crippen LogP contribution < -0.4 is 0 Å². The average Bonchev–Trinajstić information content (AvgIpc) is 2.82. The zero-order chi connectivity index (χ0) is 17.3. The van der Waals surface area contributed by atoms with Gasteiger partial charge in [-0.05, 0) is 31.9 Å². The lowest BCUT2D eigenvalue weighted by Crippen LogP contribution is -2.44. The number of aromatic nitrogens is 1. The van der Waals surface area contributed by atoms with E-state index in [9.17, 15) is 13.2 Å². The summed E-state index contributed by atoms with van der Waals surface area (Å²) in [6.45, 7) is 5.25. The number of carbonyl (C=O) groups is 1. The number of benzene rings is 1. The molecule has 0 spiro atoms. The SMILES string of the molecule is Cc1ccc(-c2nc(CS(=O)(=O)CC(=O)N3CCC3)co2)c(C)c1. The second-order valence-electron chi connectivity index (χ2n) is 6.23. The van der Waals surface area contributed by atoms with Crippen molar-refractivity contribution in [3.63, 3.8) is 0 Å². The van der Waals surface area contributed by atoms with Gasteiger partial charge in [-0.3, -0.25) is 4.79 Å². The molecule has 24 heavy (non-hydrogen) atoms. The van der Waals surface area contributed by atoms with E-state index in [2.05, 4.69) is 4.98 Å². The topological polar surface area (TPSA) is 80.5 Å². The van der Waals surface area contributed by atoms with Gasteiger partial charge in [0.25, 0.3) is 0 Å². The zero-order valence-corrected chi connectivity index (χ0v) is 14.6. The molecule has 2 aromatic rings. The quantitative estimate of drug-likeness (QED) is 0.827. The number of aryl methyl sites for hydroxylation is 2. The van der Waals surface area contributed by atoms with Gasteiger partial charge in [-0.15, -0.1) is 0 Å². The van der Waals surface area contributed by atoms with Gasteiger partial charge in [0.15, 0.2) is 9.84 Å². The summed E-state index contributed by atoms with van der Waals surface area (Å²) in [5.74, 6) is -0.703. The molecule has 1 saturated heterocycles. The minimum atomic E-state index is -3.55. The van der Waals surface area contributed by atoms with Crippen LogP contribution in [0.2, 0.25) is 0 Å². The number of carbonyl (C=O) groups excluding carboxylic acids is 1. The highest BCUT2D eigenvalue weighted by molar-refractivity contribution is 7.91. The minimum absolute atomic E-state index is 0.291. The molecule has 0 N–H and O–H groups in total. The zero-order valence-electron chi connectivity index (χ0n) is 13.8. The van der Waals surface area contributed by atoms with Crippen LogP contribution in [0.25, 0.3) is 11.5 Å². The van der Waals surface area contributed by atoms with Crippen molar-refractivity contribution in [3.05, 3.63) is 41.3 Å². The molecule has 0 bridgehead atoms. The van der Waals surface area contributed by atoms with Gasteiger partial charge in [-0.2, -0.15) is 0 Å². The molecular weight excluding hydrogens is 328 g/mol. The molecule has 7 heteroatoms. The fourth-order valence-electron chi connectivity index (χ4n) is 2.67. The largest absolute Gasteiger partial charge is 0.444 e. The maximum atomic E-state index is 12.2. The van der Waals surface area contributed by atoms with Crippen LogP contribution in [0.3, 0.4) is 0 Å². The highest BCUT2D eigenvalue weighted by Gasteiger charge is 2.26. The highest BCUT2D eigenvalue weighted by Crippen LogP contribution is 2.24. The Morgan fingerprint density at radius 1 is 1.29 bits per heavy atom. The minimum Gasteiger partial charge on any atom is -0.444 e. The van der Waals surface area contributed by atoms with Crippen LogP contribution in [-0.2, 0) is 20.4 Å². The normalized spacial score (nSPS) is 14.5. The Morgan fingerprint density at radius 2 is 2.04 bits per heavy atom. The first-order chi connectivity index (χ1) is 11.3. The van der Waals surface area contributed by atoms with Crippen LogP contribution in [-0.4, -0.2) is 43.1 Å². The van der Waals surface area contributed by atoms with Gasteiger partial charge in [-0.25, -0.2) is 13.4 Å². The number of oxazole rings is 1. The van der Waals surface area contributed by atoms with Crippen molar-refractivity contribution in [2.45, 2.75) is 26.0 Å². The highest BCUT2D eigenvalue weighted by atomic mass is 32.2. The number of rotatable bonds is 5. The maximum Gasteiger partial charge on any atom is 0.237 e. The van der Waals surface area contributed by atoms with E-state index >= 15 is 0 Å². The second kappa shape index (κ2) is 6.39. The van der Waals surface area contributed by atoms with Gasteiger partial charge in [0, 0.05) is 18.7 Å². The van der Waals surface area contributed by atoms with Crippen molar-refractivity contribution in [1.29, 1.82) is 0 Å². The standard InChI is InChI=1S/C17H20N2O4S/c1-12-4-5-15(13(2)8-12)17-18-14(9-23-17)10-24(21,22)11-16(20)19-6-3-7-19/h4-5,8-9H,3,6-7,10-11H2,1-2H3. The molecule has 3 rings (SSSR count). The molecule has 2 heterocycles. The van der Waals surface area contributed by atoms with E-state index in [0.717, 1.165) is 23.1 Å². The van der Waals surface area contributed by atoms with Crippen molar-refractivity contribution in [3.8, 4) is 11.5 Å². The predicted octanol–water partition coefficient (Wildman–Crippen LogP) is 2.11. The van der Waals surface area contributed by atoms with Gasteiger partial charge < -0.3 is 9.32 Å². The van der Waals surface area contributed by atoms with Gasteiger partial charge in [-0.1, -0.05) is 17.7 Å². The van der Waals surface area contributed by atoms with E-state index in [4.69, 9.17) is 4.42 Å². The fraction of sp³-hybridized carbons (Fsp3) is 0.412. The first kappa shape index (κ1) is 16.7. The number of sulfone groups is 1. The monoisotopic (exact) mass is 348 g/mol. The second-order valence-corrected chi connectivity index (χ2v) is 8.29. The Kier molecular flexibility index (Phi) is 4.45. The summed E-state index contributed by atoms with van der Waals surface area (Å²) in [5, 5.41) is 0. The third-order valence-electron chi connectivity index (χ3n) is 4.08. The molecule has 1 aliphatic heterocycles. The lowest BCUT2D eigenvalue weighted by molar-refractivity contribution is -0.131. The fourth-order valence-corrected chi connectivity index (χ4v) is 3.92. The Hall–Kier alpha value is -2.15. The van der Waals surface area contributed by atoms with Gasteiger partial charge in [0.1, 0.15) is 12.0 Å². The molecule has 0 unspecified atom stereocenters. The summed E-state index contributed by atoms with van der Waals surface area (Å²) in [5.41, 5.74) is 3.30. The van der Waals surface area contributed by atoms with E-state index in [1.807, 2.05) is 32.0 Å². The third-order valence-corrected chi connectivity index (χ3v) is 5.51. The predicted molar refractivity (Wildman–Crippen MR) is 90.1 cm³/mol. The van der Waals surface area contributed by atoms with Crippen molar-refractivity contribution < 1.29 is 17.6 Å². The van der Waals surface area contributed by atoms with Crippen LogP contribution in [0.5, 0.6) is 0 Å². The molecule has 1 aliphatic rings. The Balaban J connectivity index is 1.72. The number of likely N-dealkylation sites (tertiary alicyclic amines) is 1. The van der Waals surface area contributed by atoms with Gasteiger partial charge >= 0.3 is 0 Å². The van der Waals surface area contributed by atoms with Crippen LogP contribution in [0, 0.1) is 13.8 Å². The molecule has 1 aromatic carbocycles. The summed E-state index contributed by atoms with van der Waals surface area (Å²) in [6, 6.07) is 5.87. The van der Waals surface area contributed by atoms with E-state index in [1.54, 1.807) is 4.90 Å². The Labute approximate surface area is 141 Å². The van der Waals surface area contributed by atoms with Gasteiger partial charge in [0.2, 0.25) is 11.8 Å². The first-order valence-electron chi connectivity index (χ1n) is 7.84. The van der Waals surface area contributed by atoms with Crippen molar-refractivity contribution in [2.24, 2.45) is 0 Å². The van der Waals surface area contributed by atoms with Crippen LogP contribution in [0.4, 0.5) is 0 Å². The molecular formula is C17H20N2O4S. The Morgan fingerprint density at radius 3 is 2.67 bits per heavy atom. The molecule has 6 nitrogen and oxygen atoms in total. The maximum absolute atomic E-state index is 12.2. The molecule has 0 atom stereocenters. The number of hydrogen-bond donors (Lipinski definition) is 0. The number of nitrogens with zero attached hydrogens (tertiary/aromatic N) is 2. The molecule has 0 aliphatic carbocycles. The van der Waals surface area contributed by atoms with Crippen molar-refractivity contribution in [2.75, 3.05) is 18.8 Å². The number of amides is 1. The van der Waals surface area contributed by atoms with Crippen LogP contribution in [0.15, 0.2) is 28.9 Å². The molecule has 1 fully saturated rings. The smallest absolute Gasteiger partial charge is 0.237 e. The van der Waals surface area contributed by atoms with Crippen LogP contribution >= 0.6 is 0 Å². The molecule has 1 aromatic heterocycles. The molecule has 128 valence electrons. The molecule has 0 radical (unpaired) electrons. The van der Waals surface area contributed by atoms with Crippen molar-refractivity contribution in [1.82, 2.24) is 9.88 Å². The van der Waals surface area contributed by atoms with Crippen molar-refractivity contribution >= 4 is 15.7 Å². The number of hydrogen-bond acceptors (Lipinski definition) is 5. The average molecular weight is 348 g/mol. The lowest BCUT2D eigenvalue weighted by Gasteiger charge is -2.30. The lowest BCUT2D eigenvalue weighted by atomic mass is 10.1. The van der Waals surface area contributed by atoms with E-state index in [-0.39, 0.29) is 11.7 Å². The molecule has 0 saturated carbocycles. The summed E-state index contributed by atoms with van der Waals surface area (Å²) in [7, 11) is -3.55. The van der Waals surface area contributed by atoms with E-state index < -0.39 is 15.6 Å². The van der Waals surface area contributed by atoms with E-state index in [1.165, 1.54) is 6.26 Å². The van der Waals surface area contributed by atoms with E-state index in [0.29, 0.717) is 24.7 Å². The summed E-state index contributed by atoms with van der Waals surface area (Å²) >= 11 is 0. The third kappa shape index (κ3) is 3.67. The summed E-state index contributed by atoms with van der Waals surface area (Å²) in [6.07, 6.45) is 2.29. The molecule has 1 amide bonds. The summed E-state index contributed by atoms with van der Waals surface area (Å²) < 4.78 is 29.8. The van der Waals surface area contributed by atoms with Gasteiger partial charge in [0.05, 0.1) is 11.4 Å². The summed E-state index contributed by atoms with van der Waals surface area (Å²) in [4.78, 5) is 17.7.